The second kappa shape index (κ2) is 14.9. The number of anilines is 2. The van der Waals surface area contributed by atoms with Gasteiger partial charge in [-0.15, -0.1) is 0 Å². The Labute approximate surface area is 262 Å². The van der Waals surface area contributed by atoms with Crippen molar-refractivity contribution in [3.05, 3.63) is 143 Å². The van der Waals surface area contributed by atoms with Crippen molar-refractivity contribution in [3.8, 4) is 23.3 Å². The van der Waals surface area contributed by atoms with E-state index in [-0.39, 0.29) is 5.75 Å². The van der Waals surface area contributed by atoms with Crippen LogP contribution in [0.5, 0.6) is 17.2 Å². The van der Waals surface area contributed by atoms with Gasteiger partial charge in [0.2, 0.25) is 0 Å². The van der Waals surface area contributed by atoms with Gasteiger partial charge in [-0.1, -0.05) is 48.3 Å². The van der Waals surface area contributed by atoms with Gasteiger partial charge in [-0.3, -0.25) is 4.98 Å². The van der Waals surface area contributed by atoms with E-state index >= 15 is 0 Å². The zero-order valence-corrected chi connectivity index (χ0v) is 25.5. The first kappa shape index (κ1) is 30.5. The summed E-state index contributed by atoms with van der Waals surface area (Å²) >= 11 is 1.56. The predicted octanol–water partition coefficient (Wildman–Crippen LogP) is 8.71. The van der Waals surface area contributed by atoms with Crippen LogP contribution in [0.3, 0.4) is 0 Å². The van der Waals surface area contributed by atoms with Crippen LogP contribution in [0.25, 0.3) is 0 Å². The van der Waals surface area contributed by atoms with E-state index in [4.69, 9.17) is 9.47 Å². The molecule has 0 bridgehead atoms. The maximum absolute atomic E-state index is 14.4. The van der Waals surface area contributed by atoms with Crippen molar-refractivity contribution in [1.82, 2.24) is 4.98 Å². The first-order chi connectivity index (χ1) is 21.5. The fraction of sp³-hybridized carbons (Fsp3) is 0.167. The lowest BCUT2D eigenvalue weighted by molar-refractivity contribution is 0.303. The first-order valence-electron chi connectivity index (χ1n) is 14.2. The monoisotopic (exact) mass is 604 g/mol. The van der Waals surface area contributed by atoms with Gasteiger partial charge >= 0.3 is 0 Å². The average molecular weight is 605 g/mol. The lowest BCUT2D eigenvalue weighted by Gasteiger charge is -2.28. The van der Waals surface area contributed by atoms with Gasteiger partial charge in [0.15, 0.2) is 11.6 Å². The van der Waals surface area contributed by atoms with Gasteiger partial charge in [-0.25, -0.2) is 4.39 Å². The van der Waals surface area contributed by atoms with Crippen LogP contribution in [0.15, 0.2) is 109 Å². The molecule has 6 nitrogen and oxygen atoms in total. The summed E-state index contributed by atoms with van der Waals surface area (Å²) in [5.41, 5.74) is 7.23. The number of benzene rings is 4. The Hall–Kier alpha value is -5.00. The highest BCUT2D eigenvalue weighted by molar-refractivity contribution is 7.99. The molecule has 0 aliphatic rings. The Balaban J connectivity index is 1.29. The molecule has 0 saturated heterocycles. The van der Waals surface area contributed by atoms with Crippen LogP contribution < -0.4 is 19.1 Å². The molecule has 1 heterocycles. The molecule has 0 aliphatic carbocycles. The Morgan fingerprint density at radius 1 is 0.886 bits per heavy atom. The highest BCUT2D eigenvalue weighted by Gasteiger charge is 2.14. The predicted molar refractivity (Wildman–Crippen MR) is 176 cm³/mol. The van der Waals surface area contributed by atoms with Gasteiger partial charge in [-0.05, 0) is 83.8 Å². The zero-order valence-electron chi connectivity index (χ0n) is 24.7. The number of rotatable bonds is 13. The molecular weight excluding hydrogens is 571 g/mol. The van der Waals surface area contributed by atoms with Crippen LogP contribution in [0.4, 0.5) is 15.8 Å². The summed E-state index contributed by atoms with van der Waals surface area (Å²) in [5.74, 6) is 0.845. The SMILES string of the molecule is CSNc1cccc(N(Cc2ccc(C#N)cc2)Cc2ccc(Oc3ccc(F)c(OCCc4cccnc4)c3)cc2)c1C. The van der Waals surface area contributed by atoms with Crippen molar-refractivity contribution in [2.45, 2.75) is 26.4 Å². The molecule has 8 heteroatoms. The normalized spacial score (nSPS) is 10.6. The number of pyridine rings is 1. The smallest absolute Gasteiger partial charge is 0.165 e. The lowest BCUT2D eigenvalue weighted by Crippen LogP contribution is -2.23. The molecule has 0 saturated carbocycles. The summed E-state index contributed by atoms with van der Waals surface area (Å²) in [6.45, 7) is 3.79. The number of hydrogen-bond acceptors (Lipinski definition) is 7. The molecule has 44 heavy (non-hydrogen) atoms. The van der Waals surface area contributed by atoms with Crippen molar-refractivity contribution in [2.24, 2.45) is 0 Å². The van der Waals surface area contributed by atoms with Gasteiger partial charge in [0, 0.05) is 55.6 Å². The molecule has 0 spiro atoms. The van der Waals surface area contributed by atoms with Gasteiger partial charge in [0.25, 0.3) is 0 Å². The van der Waals surface area contributed by atoms with E-state index in [2.05, 4.69) is 45.8 Å². The average Bonchev–Trinajstić information content (AvgIpc) is 3.05. The summed E-state index contributed by atoms with van der Waals surface area (Å²) < 4.78 is 29.6. The highest BCUT2D eigenvalue weighted by atomic mass is 32.2. The molecule has 0 amide bonds. The Morgan fingerprint density at radius 3 is 2.30 bits per heavy atom. The molecule has 1 aromatic heterocycles. The van der Waals surface area contributed by atoms with Gasteiger partial charge in [0.1, 0.15) is 11.5 Å². The number of nitriles is 1. The fourth-order valence-corrected chi connectivity index (χ4v) is 5.26. The molecule has 5 rings (SSSR count). The van der Waals surface area contributed by atoms with E-state index in [1.165, 1.54) is 6.07 Å². The third-order valence-corrected chi connectivity index (χ3v) is 7.54. The molecule has 0 fully saturated rings. The summed E-state index contributed by atoms with van der Waals surface area (Å²) in [6.07, 6.45) is 6.12. The minimum atomic E-state index is -0.437. The molecule has 5 aromatic rings. The topological polar surface area (TPSA) is 70.4 Å². The van der Waals surface area contributed by atoms with Crippen molar-refractivity contribution in [1.29, 1.82) is 5.26 Å². The third-order valence-electron chi connectivity index (χ3n) is 7.12. The number of nitrogens with zero attached hydrogens (tertiary/aromatic N) is 3. The fourth-order valence-electron chi connectivity index (χ4n) is 4.82. The number of aromatic nitrogens is 1. The number of halogens is 1. The molecule has 1 N–H and O–H groups in total. The zero-order chi connectivity index (χ0) is 30.7. The van der Waals surface area contributed by atoms with Crippen LogP contribution in [-0.2, 0) is 19.5 Å². The molecular formula is C36H33FN4O2S. The molecule has 0 aliphatic heterocycles. The maximum atomic E-state index is 14.4. The minimum Gasteiger partial charge on any atom is -0.490 e. The number of hydrogen-bond donors (Lipinski definition) is 1. The number of ether oxygens (including phenoxy) is 2. The minimum absolute atomic E-state index is 0.148. The van der Waals surface area contributed by atoms with E-state index in [0.29, 0.717) is 43.2 Å². The number of nitrogens with one attached hydrogen (secondary N) is 1. The highest BCUT2D eigenvalue weighted by Crippen LogP contribution is 2.32. The van der Waals surface area contributed by atoms with Crippen LogP contribution in [-0.4, -0.2) is 17.8 Å². The van der Waals surface area contributed by atoms with E-state index in [0.717, 1.165) is 33.6 Å². The van der Waals surface area contributed by atoms with Crippen LogP contribution in [0.1, 0.15) is 27.8 Å². The van der Waals surface area contributed by atoms with Crippen molar-refractivity contribution in [3.63, 3.8) is 0 Å². The van der Waals surface area contributed by atoms with Crippen molar-refractivity contribution in [2.75, 3.05) is 22.5 Å². The summed E-state index contributed by atoms with van der Waals surface area (Å²) in [4.78, 5) is 6.43. The van der Waals surface area contributed by atoms with Gasteiger partial charge < -0.3 is 19.1 Å². The lowest BCUT2D eigenvalue weighted by atomic mass is 10.1. The molecule has 0 radical (unpaired) electrons. The summed E-state index contributed by atoms with van der Waals surface area (Å²) in [6, 6.07) is 32.4. The van der Waals surface area contributed by atoms with Crippen LogP contribution in [0, 0.1) is 24.1 Å². The second-order valence-electron chi connectivity index (χ2n) is 10.2. The molecule has 4 aromatic carbocycles. The standard InChI is InChI=1S/C36H33FN4O2S/c1-26-34(40-44-2)6-3-7-35(26)41(24-29-10-8-27(22-38)9-11-29)25-30-12-14-31(15-13-30)43-32-16-17-33(37)36(21-32)42-20-18-28-5-4-19-39-23-28/h3-17,19,21,23,40H,18,20,24-25H2,1-2H3. The molecule has 222 valence electrons. The van der Waals surface area contributed by atoms with Crippen molar-refractivity contribution < 1.29 is 13.9 Å². The summed E-state index contributed by atoms with van der Waals surface area (Å²) in [7, 11) is 0. The summed E-state index contributed by atoms with van der Waals surface area (Å²) in [5, 5.41) is 9.21. The molecule has 0 atom stereocenters. The van der Waals surface area contributed by atoms with Gasteiger partial charge in [-0.2, -0.15) is 5.26 Å². The van der Waals surface area contributed by atoms with Gasteiger partial charge in [0.05, 0.1) is 18.2 Å². The van der Waals surface area contributed by atoms with E-state index in [1.807, 2.05) is 66.9 Å². The van der Waals surface area contributed by atoms with E-state index in [9.17, 15) is 9.65 Å². The Kier molecular flexibility index (Phi) is 10.3. The third kappa shape index (κ3) is 8.09. The van der Waals surface area contributed by atoms with Crippen LogP contribution in [0.2, 0.25) is 0 Å². The Bertz CT molecular complexity index is 1710. The second-order valence-corrected chi connectivity index (χ2v) is 10.8. The largest absolute Gasteiger partial charge is 0.490 e. The van der Waals surface area contributed by atoms with Crippen molar-refractivity contribution >= 4 is 23.3 Å². The van der Waals surface area contributed by atoms with Crippen LogP contribution >= 0.6 is 11.9 Å². The molecule has 0 unspecified atom stereocenters. The Morgan fingerprint density at radius 2 is 1.61 bits per heavy atom. The quantitative estimate of drug-likeness (QED) is 0.135. The maximum Gasteiger partial charge on any atom is 0.165 e. The first-order valence-corrected chi connectivity index (χ1v) is 15.5. The van der Waals surface area contributed by atoms with E-state index in [1.54, 1.807) is 36.5 Å². The van der Waals surface area contributed by atoms with E-state index < -0.39 is 5.82 Å².